The zero-order valence-electron chi connectivity index (χ0n) is 14.7. The van der Waals surface area contributed by atoms with E-state index in [2.05, 4.69) is 0 Å². The summed E-state index contributed by atoms with van der Waals surface area (Å²) in [4.78, 5) is 14.8. The lowest BCUT2D eigenvalue weighted by Gasteiger charge is -2.39. The molecule has 1 amide bonds. The number of amides is 1. The van der Waals surface area contributed by atoms with Crippen molar-refractivity contribution in [1.29, 1.82) is 0 Å². The van der Waals surface area contributed by atoms with Crippen molar-refractivity contribution in [2.24, 2.45) is 0 Å². The van der Waals surface area contributed by atoms with Crippen molar-refractivity contribution >= 4 is 5.91 Å². The van der Waals surface area contributed by atoms with Gasteiger partial charge in [-0.15, -0.1) is 0 Å². The van der Waals surface area contributed by atoms with Crippen LogP contribution in [0, 0.1) is 0 Å². The Morgan fingerprint density at radius 3 is 2.15 bits per heavy atom. The van der Waals surface area contributed by atoms with E-state index in [9.17, 15) is 9.90 Å². The van der Waals surface area contributed by atoms with Crippen LogP contribution in [0.3, 0.4) is 0 Å². The number of carbonyl (C=O) groups is 1. The van der Waals surface area contributed by atoms with Gasteiger partial charge < -0.3 is 5.11 Å². The van der Waals surface area contributed by atoms with Gasteiger partial charge in [0.25, 0.3) is 5.91 Å². The van der Waals surface area contributed by atoms with Crippen molar-refractivity contribution in [2.75, 3.05) is 0 Å². The predicted molar refractivity (Wildman–Crippen MR) is 102 cm³/mol. The smallest absolute Gasteiger partial charge is 0.257 e. The summed E-state index contributed by atoms with van der Waals surface area (Å²) in [6, 6.07) is 26.8. The molecule has 0 bridgehead atoms. The molecule has 0 unspecified atom stereocenters. The first-order valence-electron chi connectivity index (χ1n) is 8.85. The molecule has 1 aliphatic rings. The highest BCUT2D eigenvalue weighted by atomic mass is 16.3. The van der Waals surface area contributed by atoms with Crippen LogP contribution in [-0.4, -0.2) is 15.9 Å². The molecule has 0 radical (unpaired) electrons. The van der Waals surface area contributed by atoms with Crippen molar-refractivity contribution in [3.05, 3.63) is 107 Å². The Balaban J connectivity index is 1.82. The fourth-order valence-electron chi connectivity index (χ4n) is 3.88. The van der Waals surface area contributed by atoms with Crippen LogP contribution in [-0.2, 0) is 12.1 Å². The SMILES string of the molecule is C[C@@H](c1ccccc1)N1C(=O)c2ccccc2[C@]1(O)Cc1ccccc1. The van der Waals surface area contributed by atoms with Gasteiger partial charge in [0.05, 0.1) is 6.04 Å². The van der Waals surface area contributed by atoms with Gasteiger partial charge >= 0.3 is 0 Å². The van der Waals surface area contributed by atoms with Crippen LogP contribution in [0.4, 0.5) is 0 Å². The van der Waals surface area contributed by atoms with E-state index in [0.717, 1.165) is 11.1 Å². The second-order valence-electron chi connectivity index (χ2n) is 6.79. The Labute approximate surface area is 153 Å². The van der Waals surface area contributed by atoms with Crippen LogP contribution in [0.1, 0.15) is 40.0 Å². The van der Waals surface area contributed by atoms with Gasteiger partial charge in [-0.3, -0.25) is 9.69 Å². The maximum absolute atomic E-state index is 13.2. The zero-order chi connectivity index (χ0) is 18.1. The number of nitrogens with zero attached hydrogens (tertiary/aromatic N) is 1. The van der Waals surface area contributed by atoms with E-state index in [4.69, 9.17) is 0 Å². The molecule has 1 heterocycles. The van der Waals surface area contributed by atoms with Gasteiger partial charge in [0.2, 0.25) is 0 Å². The quantitative estimate of drug-likeness (QED) is 0.768. The third-order valence-electron chi connectivity index (χ3n) is 5.17. The zero-order valence-corrected chi connectivity index (χ0v) is 14.7. The van der Waals surface area contributed by atoms with E-state index in [1.807, 2.05) is 85.8 Å². The highest BCUT2D eigenvalue weighted by Crippen LogP contribution is 2.44. The number of rotatable bonds is 4. The van der Waals surface area contributed by atoms with Crippen molar-refractivity contribution in [1.82, 2.24) is 4.90 Å². The topological polar surface area (TPSA) is 40.5 Å². The molecule has 0 fully saturated rings. The van der Waals surface area contributed by atoms with Crippen LogP contribution in [0.15, 0.2) is 84.9 Å². The average molecular weight is 343 g/mol. The van der Waals surface area contributed by atoms with Crippen LogP contribution in [0.5, 0.6) is 0 Å². The number of benzene rings is 3. The molecule has 1 aliphatic heterocycles. The van der Waals surface area contributed by atoms with Gasteiger partial charge in [-0.05, 0) is 24.1 Å². The second-order valence-corrected chi connectivity index (χ2v) is 6.79. The first-order chi connectivity index (χ1) is 12.6. The lowest BCUT2D eigenvalue weighted by molar-refractivity contribution is -0.100. The summed E-state index contributed by atoms with van der Waals surface area (Å²) in [5.74, 6) is -0.129. The average Bonchev–Trinajstić information content (AvgIpc) is 2.90. The third kappa shape index (κ3) is 2.61. The normalized spacial score (nSPS) is 20.1. The monoisotopic (exact) mass is 343 g/mol. The van der Waals surface area contributed by atoms with Gasteiger partial charge in [-0.2, -0.15) is 0 Å². The van der Waals surface area contributed by atoms with E-state index < -0.39 is 5.72 Å². The lowest BCUT2D eigenvalue weighted by Crippen LogP contribution is -2.46. The largest absolute Gasteiger partial charge is 0.366 e. The Morgan fingerprint density at radius 2 is 1.46 bits per heavy atom. The highest BCUT2D eigenvalue weighted by molar-refractivity contribution is 6.00. The predicted octanol–water partition coefficient (Wildman–Crippen LogP) is 4.29. The van der Waals surface area contributed by atoms with Crippen LogP contribution in [0.2, 0.25) is 0 Å². The molecule has 130 valence electrons. The molecule has 0 aromatic heterocycles. The van der Waals surface area contributed by atoms with E-state index in [1.165, 1.54) is 0 Å². The number of hydrogen-bond acceptors (Lipinski definition) is 2. The van der Waals surface area contributed by atoms with Crippen LogP contribution < -0.4 is 0 Å². The highest BCUT2D eigenvalue weighted by Gasteiger charge is 2.50. The molecule has 3 heteroatoms. The molecule has 0 spiro atoms. The number of aliphatic hydroxyl groups is 1. The molecule has 26 heavy (non-hydrogen) atoms. The summed E-state index contributed by atoms with van der Waals surface area (Å²) in [5.41, 5.74) is 1.87. The van der Waals surface area contributed by atoms with E-state index >= 15 is 0 Å². The maximum atomic E-state index is 13.2. The Morgan fingerprint density at radius 1 is 0.885 bits per heavy atom. The third-order valence-corrected chi connectivity index (χ3v) is 5.17. The lowest BCUT2D eigenvalue weighted by atomic mass is 9.93. The van der Waals surface area contributed by atoms with E-state index in [-0.39, 0.29) is 11.9 Å². The standard InChI is InChI=1S/C23H21NO2/c1-17(19-12-6-3-7-13-19)24-22(25)20-14-8-9-15-21(20)23(24,26)16-18-10-4-2-5-11-18/h2-15,17,26H,16H2,1H3/t17-,23+/m0/s1. The molecule has 2 atom stereocenters. The fraction of sp³-hybridized carbons (Fsp3) is 0.174. The molecule has 1 N–H and O–H groups in total. The van der Waals surface area contributed by atoms with Crippen molar-refractivity contribution < 1.29 is 9.90 Å². The molecular formula is C23H21NO2. The molecular weight excluding hydrogens is 322 g/mol. The summed E-state index contributed by atoms with van der Waals surface area (Å²) in [7, 11) is 0. The Hall–Kier alpha value is -2.91. The summed E-state index contributed by atoms with van der Waals surface area (Å²) >= 11 is 0. The minimum atomic E-state index is -1.37. The first kappa shape index (κ1) is 16.6. The van der Waals surface area contributed by atoms with Crippen LogP contribution >= 0.6 is 0 Å². The molecule has 3 aromatic carbocycles. The first-order valence-corrected chi connectivity index (χ1v) is 8.85. The number of carbonyl (C=O) groups excluding carboxylic acids is 1. The molecule has 3 aromatic rings. The summed E-state index contributed by atoms with van der Waals surface area (Å²) in [5, 5.41) is 11.8. The molecule has 4 rings (SSSR count). The Bertz CT molecular complexity index is 923. The molecule has 0 aliphatic carbocycles. The van der Waals surface area contributed by atoms with Gasteiger partial charge in [-0.25, -0.2) is 0 Å². The minimum Gasteiger partial charge on any atom is -0.366 e. The summed E-state index contributed by atoms with van der Waals surface area (Å²) < 4.78 is 0. The maximum Gasteiger partial charge on any atom is 0.257 e. The number of hydrogen-bond donors (Lipinski definition) is 1. The molecule has 0 saturated heterocycles. The fourth-order valence-corrected chi connectivity index (χ4v) is 3.88. The van der Waals surface area contributed by atoms with E-state index in [0.29, 0.717) is 17.5 Å². The van der Waals surface area contributed by atoms with E-state index in [1.54, 1.807) is 11.0 Å². The van der Waals surface area contributed by atoms with Crippen molar-refractivity contribution in [2.45, 2.75) is 25.1 Å². The van der Waals surface area contributed by atoms with Gasteiger partial charge in [0, 0.05) is 17.5 Å². The van der Waals surface area contributed by atoms with Crippen molar-refractivity contribution in [3.63, 3.8) is 0 Å². The Kier molecular flexibility index (Phi) is 4.09. The molecule has 3 nitrogen and oxygen atoms in total. The second kappa shape index (κ2) is 6.43. The minimum absolute atomic E-state index is 0.129. The number of fused-ring (bicyclic) bond motifs is 1. The van der Waals surface area contributed by atoms with Gasteiger partial charge in [0.1, 0.15) is 0 Å². The molecule has 0 saturated carbocycles. The van der Waals surface area contributed by atoms with Crippen LogP contribution in [0.25, 0.3) is 0 Å². The summed E-state index contributed by atoms with van der Waals surface area (Å²) in [6.07, 6.45) is 0.355. The van der Waals surface area contributed by atoms with Gasteiger partial charge in [-0.1, -0.05) is 78.9 Å². The van der Waals surface area contributed by atoms with Gasteiger partial charge in [0.15, 0.2) is 5.72 Å². The van der Waals surface area contributed by atoms with Crippen molar-refractivity contribution in [3.8, 4) is 0 Å². The summed E-state index contributed by atoms with van der Waals surface area (Å²) in [6.45, 7) is 1.97.